The van der Waals surface area contributed by atoms with Gasteiger partial charge in [0, 0.05) is 5.56 Å². The van der Waals surface area contributed by atoms with Crippen molar-refractivity contribution in [2.24, 2.45) is 0 Å². The van der Waals surface area contributed by atoms with E-state index in [2.05, 4.69) is 4.74 Å². The molecule has 5 heteroatoms. The monoisotopic (exact) mass is 238 g/mol. The van der Waals surface area contributed by atoms with Gasteiger partial charge in [0.1, 0.15) is 0 Å². The number of carbonyl (C=O) groups excluding carboxylic acids is 2. The predicted octanol–water partition coefficient (Wildman–Crippen LogP) is 1.45. The van der Waals surface area contributed by atoms with Crippen LogP contribution in [0.5, 0.6) is 11.5 Å². The van der Waals surface area contributed by atoms with Crippen molar-refractivity contribution in [3.8, 4) is 11.5 Å². The fraction of sp³-hybridized carbons (Fsp3) is 0.333. The molecule has 0 amide bonds. The van der Waals surface area contributed by atoms with E-state index in [1.165, 1.54) is 21.1 Å². The molecule has 0 atom stereocenters. The molecule has 0 aliphatic carbocycles. The number of ketones is 1. The van der Waals surface area contributed by atoms with Crippen LogP contribution in [0.1, 0.15) is 17.3 Å². The lowest BCUT2D eigenvalue weighted by atomic mass is 10.1. The van der Waals surface area contributed by atoms with Crippen molar-refractivity contribution in [3.05, 3.63) is 23.8 Å². The molecule has 0 bridgehead atoms. The van der Waals surface area contributed by atoms with Gasteiger partial charge in [0.15, 0.2) is 23.9 Å². The first-order valence-corrected chi connectivity index (χ1v) is 4.97. The average molecular weight is 238 g/mol. The lowest BCUT2D eigenvalue weighted by Crippen LogP contribution is -2.13. The molecule has 17 heavy (non-hydrogen) atoms. The summed E-state index contributed by atoms with van der Waals surface area (Å²) >= 11 is 0. The zero-order valence-electron chi connectivity index (χ0n) is 9.98. The van der Waals surface area contributed by atoms with Crippen molar-refractivity contribution in [1.29, 1.82) is 0 Å². The summed E-state index contributed by atoms with van der Waals surface area (Å²) in [5.41, 5.74) is 0.521. The molecule has 0 aliphatic heterocycles. The van der Waals surface area contributed by atoms with Crippen molar-refractivity contribution in [2.45, 2.75) is 6.92 Å². The summed E-state index contributed by atoms with van der Waals surface area (Å²) in [7, 11) is 2.74. The van der Waals surface area contributed by atoms with Crippen LogP contribution in [0, 0.1) is 0 Å². The van der Waals surface area contributed by atoms with Gasteiger partial charge in [0.2, 0.25) is 0 Å². The number of methoxy groups -OCH3 is 2. The van der Waals surface area contributed by atoms with Crippen LogP contribution in [0.25, 0.3) is 0 Å². The van der Waals surface area contributed by atoms with Gasteiger partial charge in [-0.3, -0.25) is 4.79 Å². The third-order valence-electron chi connectivity index (χ3n) is 2.14. The summed E-state index contributed by atoms with van der Waals surface area (Å²) in [4.78, 5) is 22.1. The molecule has 92 valence electrons. The van der Waals surface area contributed by atoms with E-state index < -0.39 is 5.97 Å². The summed E-state index contributed by atoms with van der Waals surface area (Å²) < 4.78 is 14.7. The summed E-state index contributed by atoms with van der Waals surface area (Å²) in [5.74, 6) is 0.245. The third kappa shape index (κ3) is 3.48. The number of hydrogen-bond donors (Lipinski definition) is 0. The van der Waals surface area contributed by atoms with E-state index in [1.54, 1.807) is 18.2 Å². The van der Waals surface area contributed by atoms with Gasteiger partial charge in [0.25, 0.3) is 0 Å². The van der Waals surface area contributed by atoms with Gasteiger partial charge in [-0.2, -0.15) is 0 Å². The van der Waals surface area contributed by atoms with Crippen molar-refractivity contribution in [2.75, 3.05) is 20.8 Å². The van der Waals surface area contributed by atoms with E-state index in [0.717, 1.165) is 0 Å². The molecule has 0 saturated carbocycles. The molecule has 0 heterocycles. The van der Waals surface area contributed by atoms with Crippen molar-refractivity contribution in [3.63, 3.8) is 0 Å². The van der Waals surface area contributed by atoms with Gasteiger partial charge in [-0.15, -0.1) is 0 Å². The van der Waals surface area contributed by atoms with Crippen LogP contribution in [0.3, 0.4) is 0 Å². The molecule has 0 radical (unpaired) electrons. The highest BCUT2D eigenvalue weighted by atomic mass is 16.6. The second kappa shape index (κ2) is 5.89. The number of benzene rings is 1. The van der Waals surface area contributed by atoms with Crippen LogP contribution in [0.15, 0.2) is 18.2 Å². The van der Waals surface area contributed by atoms with Crippen LogP contribution in [0.2, 0.25) is 0 Å². The van der Waals surface area contributed by atoms with Gasteiger partial charge in [-0.25, -0.2) is 4.79 Å². The van der Waals surface area contributed by atoms with Gasteiger partial charge >= 0.3 is 5.97 Å². The summed E-state index contributed by atoms with van der Waals surface area (Å²) in [5, 5.41) is 0. The van der Waals surface area contributed by atoms with Crippen LogP contribution in [0.4, 0.5) is 0 Å². The minimum absolute atomic E-state index is 0.0668. The van der Waals surface area contributed by atoms with E-state index >= 15 is 0 Å². The molecule has 0 spiro atoms. The predicted molar refractivity (Wildman–Crippen MR) is 60.5 cm³/mol. The fourth-order valence-corrected chi connectivity index (χ4v) is 1.20. The molecule has 0 fully saturated rings. The Morgan fingerprint density at radius 1 is 1.18 bits per heavy atom. The maximum absolute atomic E-state index is 11.2. The van der Waals surface area contributed by atoms with Gasteiger partial charge < -0.3 is 14.2 Å². The summed E-state index contributed by atoms with van der Waals surface area (Å²) in [6.45, 7) is 1.26. The first-order valence-electron chi connectivity index (χ1n) is 4.97. The number of esters is 1. The van der Waals surface area contributed by atoms with E-state index in [-0.39, 0.29) is 12.4 Å². The maximum atomic E-state index is 11.2. The van der Waals surface area contributed by atoms with Crippen LogP contribution in [-0.2, 0) is 9.53 Å². The molecule has 0 aliphatic rings. The molecular formula is C12H14O5. The second-order valence-corrected chi connectivity index (χ2v) is 3.29. The van der Waals surface area contributed by atoms with Crippen LogP contribution >= 0.6 is 0 Å². The first-order chi connectivity index (χ1) is 8.08. The highest BCUT2D eigenvalue weighted by molar-refractivity contribution is 5.94. The molecule has 1 aromatic carbocycles. The SMILES string of the molecule is COC(=O)COc1ccc(C(C)=O)cc1OC. The Bertz CT molecular complexity index is 425. The molecule has 0 N–H and O–H groups in total. The molecule has 0 aromatic heterocycles. The van der Waals surface area contributed by atoms with E-state index in [9.17, 15) is 9.59 Å². The van der Waals surface area contributed by atoms with E-state index in [1.807, 2.05) is 0 Å². The number of rotatable bonds is 5. The van der Waals surface area contributed by atoms with Gasteiger partial charge in [-0.1, -0.05) is 0 Å². The van der Waals surface area contributed by atoms with Crippen LogP contribution in [-0.4, -0.2) is 32.6 Å². The van der Waals surface area contributed by atoms with Crippen molar-refractivity contribution in [1.82, 2.24) is 0 Å². The molecule has 0 unspecified atom stereocenters. The van der Waals surface area contributed by atoms with E-state index in [4.69, 9.17) is 9.47 Å². The Kier molecular flexibility index (Phi) is 4.51. The number of hydrogen-bond acceptors (Lipinski definition) is 5. The molecule has 1 aromatic rings. The second-order valence-electron chi connectivity index (χ2n) is 3.29. The normalized spacial score (nSPS) is 9.59. The molecule has 1 rings (SSSR count). The quantitative estimate of drug-likeness (QED) is 0.574. The first kappa shape index (κ1) is 13.0. The minimum atomic E-state index is -0.484. The number of ether oxygens (including phenoxy) is 3. The average Bonchev–Trinajstić information content (AvgIpc) is 2.35. The largest absolute Gasteiger partial charge is 0.493 e. The third-order valence-corrected chi connectivity index (χ3v) is 2.14. The zero-order valence-corrected chi connectivity index (χ0v) is 9.98. The van der Waals surface area contributed by atoms with E-state index in [0.29, 0.717) is 17.1 Å². The van der Waals surface area contributed by atoms with Gasteiger partial charge in [0.05, 0.1) is 14.2 Å². The van der Waals surface area contributed by atoms with Crippen molar-refractivity contribution >= 4 is 11.8 Å². The molecular weight excluding hydrogens is 224 g/mol. The topological polar surface area (TPSA) is 61.8 Å². The minimum Gasteiger partial charge on any atom is -0.493 e. The highest BCUT2D eigenvalue weighted by Crippen LogP contribution is 2.28. The lowest BCUT2D eigenvalue weighted by molar-refractivity contribution is -0.142. The number of carbonyl (C=O) groups is 2. The Morgan fingerprint density at radius 3 is 2.41 bits per heavy atom. The zero-order chi connectivity index (χ0) is 12.8. The Hall–Kier alpha value is -2.04. The maximum Gasteiger partial charge on any atom is 0.343 e. The smallest absolute Gasteiger partial charge is 0.343 e. The Balaban J connectivity index is 2.85. The molecule has 0 saturated heterocycles. The Labute approximate surface area is 99.3 Å². The van der Waals surface area contributed by atoms with Crippen molar-refractivity contribution < 1.29 is 23.8 Å². The number of Topliss-reactive ketones (excluding diaryl/α,β-unsaturated/α-hetero) is 1. The summed E-state index contributed by atoms with van der Waals surface area (Å²) in [6.07, 6.45) is 0. The standard InChI is InChI=1S/C12H14O5/c1-8(13)9-4-5-10(11(6-9)15-2)17-7-12(14)16-3/h4-6H,7H2,1-3H3. The Morgan fingerprint density at radius 2 is 1.88 bits per heavy atom. The summed E-state index contributed by atoms with van der Waals surface area (Å²) in [6, 6.07) is 4.75. The highest BCUT2D eigenvalue weighted by Gasteiger charge is 2.10. The lowest BCUT2D eigenvalue weighted by Gasteiger charge is -2.10. The molecule has 5 nitrogen and oxygen atoms in total. The van der Waals surface area contributed by atoms with Gasteiger partial charge in [-0.05, 0) is 25.1 Å². The van der Waals surface area contributed by atoms with Crippen LogP contribution < -0.4 is 9.47 Å². The fourth-order valence-electron chi connectivity index (χ4n) is 1.20.